The van der Waals surface area contributed by atoms with Gasteiger partial charge >= 0.3 is 0 Å². The van der Waals surface area contributed by atoms with E-state index in [1.165, 1.54) is 7.11 Å². The van der Waals surface area contributed by atoms with Crippen LogP contribution in [0.15, 0.2) is 42.5 Å². The van der Waals surface area contributed by atoms with Crippen LogP contribution in [0.5, 0.6) is 17.2 Å². The Kier molecular flexibility index (Phi) is 8.53. The molecule has 8 nitrogen and oxygen atoms in total. The minimum absolute atomic E-state index is 0.0239. The second-order valence-electron chi connectivity index (χ2n) is 7.71. The first-order chi connectivity index (χ1) is 16.0. The fraction of sp³-hybridized carbons (Fsp3) is 0.400. The number of carbonyl (C=O) groups excluding carboxylic acids is 2. The first-order valence-electron chi connectivity index (χ1n) is 11.1. The van der Waals surface area contributed by atoms with Crippen molar-refractivity contribution in [2.75, 3.05) is 33.4 Å². The van der Waals surface area contributed by atoms with E-state index in [-0.39, 0.29) is 31.1 Å². The molecule has 1 heterocycles. The number of benzene rings is 2. The van der Waals surface area contributed by atoms with E-state index < -0.39 is 0 Å². The fourth-order valence-corrected chi connectivity index (χ4v) is 3.73. The van der Waals surface area contributed by atoms with Crippen LogP contribution in [0.25, 0.3) is 0 Å². The quantitative estimate of drug-likeness (QED) is 0.595. The van der Waals surface area contributed by atoms with Gasteiger partial charge in [0.1, 0.15) is 5.75 Å². The number of carbonyl (C=O) groups is 2. The third-order valence-electron chi connectivity index (χ3n) is 5.50. The van der Waals surface area contributed by atoms with Crippen LogP contribution in [-0.2, 0) is 9.59 Å². The number of rotatable bonds is 10. The van der Waals surface area contributed by atoms with Crippen molar-refractivity contribution in [2.45, 2.75) is 32.2 Å². The summed E-state index contributed by atoms with van der Waals surface area (Å²) in [5, 5.41) is 12.0. The highest BCUT2D eigenvalue weighted by atomic mass is 16.5. The standard InChI is InChI=1S/C25H29N3O5/c1-3-20(27-24(29)16-32-22-11-10-18(15-26)14-23(22)31-2)19-8-4-5-9-21(19)33-17-25(30)28-12-6-7-13-28/h4-5,8-11,14,20H,3,6-7,12-13,16-17H2,1-2H3,(H,27,29). The van der Waals surface area contributed by atoms with Gasteiger partial charge in [-0.1, -0.05) is 25.1 Å². The summed E-state index contributed by atoms with van der Waals surface area (Å²) in [6.45, 7) is 3.28. The molecule has 1 aliphatic rings. The van der Waals surface area contributed by atoms with E-state index in [9.17, 15) is 9.59 Å². The zero-order valence-electron chi connectivity index (χ0n) is 19.0. The molecule has 2 aromatic carbocycles. The average molecular weight is 452 g/mol. The number of hydrogen-bond acceptors (Lipinski definition) is 6. The maximum atomic E-state index is 12.6. The van der Waals surface area contributed by atoms with Gasteiger partial charge in [-0.25, -0.2) is 0 Å². The average Bonchev–Trinajstić information content (AvgIpc) is 3.40. The van der Waals surface area contributed by atoms with Crippen LogP contribution in [0, 0.1) is 11.3 Å². The number of likely N-dealkylation sites (tertiary alicyclic amines) is 1. The van der Waals surface area contributed by atoms with E-state index in [4.69, 9.17) is 19.5 Å². The molecule has 1 unspecified atom stereocenters. The molecule has 0 aliphatic carbocycles. The molecule has 2 aromatic rings. The number of ether oxygens (including phenoxy) is 3. The van der Waals surface area contributed by atoms with E-state index in [0.717, 1.165) is 31.5 Å². The van der Waals surface area contributed by atoms with Crippen molar-refractivity contribution in [1.29, 1.82) is 5.26 Å². The van der Waals surface area contributed by atoms with E-state index in [1.807, 2.05) is 36.1 Å². The van der Waals surface area contributed by atoms with Gasteiger partial charge in [0, 0.05) is 24.7 Å². The van der Waals surface area contributed by atoms with Gasteiger partial charge < -0.3 is 24.4 Å². The molecule has 0 bridgehead atoms. The third-order valence-corrected chi connectivity index (χ3v) is 5.50. The van der Waals surface area contributed by atoms with Crippen molar-refractivity contribution in [3.05, 3.63) is 53.6 Å². The van der Waals surface area contributed by atoms with Gasteiger partial charge in [0.2, 0.25) is 0 Å². The van der Waals surface area contributed by atoms with E-state index >= 15 is 0 Å². The van der Waals surface area contributed by atoms with Crippen LogP contribution in [0.3, 0.4) is 0 Å². The van der Waals surface area contributed by atoms with Crippen molar-refractivity contribution >= 4 is 11.8 Å². The Morgan fingerprint density at radius 1 is 1.06 bits per heavy atom. The highest BCUT2D eigenvalue weighted by Crippen LogP contribution is 2.29. The number of hydrogen-bond donors (Lipinski definition) is 1. The SMILES string of the molecule is CCC(NC(=O)COc1ccc(C#N)cc1OC)c1ccccc1OCC(=O)N1CCCC1. The van der Waals surface area contributed by atoms with E-state index in [1.54, 1.807) is 24.3 Å². The maximum absolute atomic E-state index is 12.6. The Hall–Kier alpha value is -3.73. The second-order valence-corrected chi connectivity index (χ2v) is 7.71. The third kappa shape index (κ3) is 6.39. The molecule has 1 N–H and O–H groups in total. The van der Waals surface area contributed by atoms with Gasteiger partial charge in [-0.2, -0.15) is 5.26 Å². The lowest BCUT2D eigenvalue weighted by atomic mass is 10.0. The lowest BCUT2D eigenvalue weighted by molar-refractivity contribution is -0.132. The number of nitriles is 1. The van der Waals surface area contributed by atoms with Crippen molar-refractivity contribution < 1.29 is 23.8 Å². The number of amides is 2. The molecule has 1 fully saturated rings. The molecule has 1 saturated heterocycles. The fourth-order valence-electron chi connectivity index (χ4n) is 3.73. The topological polar surface area (TPSA) is 101 Å². The van der Waals surface area contributed by atoms with Crippen molar-refractivity contribution in [3.8, 4) is 23.3 Å². The minimum atomic E-state index is -0.309. The zero-order valence-corrected chi connectivity index (χ0v) is 19.0. The van der Waals surface area contributed by atoms with E-state index in [0.29, 0.717) is 29.2 Å². The Bertz CT molecular complexity index is 1010. The second kappa shape index (κ2) is 11.8. The summed E-state index contributed by atoms with van der Waals surface area (Å²) in [4.78, 5) is 26.8. The molecule has 0 aromatic heterocycles. The monoisotopic (exact) mass is 451 g/mol. The van der Waals surface area contributed by atoms with Crippen molar-refractivity contribution in [2.24, 2.45) is 0 Å². The van der Waals surface area contributed by atoms with Crippen LogP contribution in [0.2, 0.25) is 0 Å². The van der Waals surface area contributed by atoms with Crippen LogP contribution in [0.4, 0.5) is 0 Å². The number of para-hydroxylation sites is 1. The summed E-state index contributed by atoms with van der Waals surface area (Å²) >= 11 is 0. The molecule has 3 rings (SSSR count). The lowest BCUT2D eigenvalue weighted by Crippen LogP contribution is -2.34. The van der Waals surface area contributed by atoms with Gasteiger partial charge in [0.05, 0.1) is 24.8 Å². The predicted molar refractivity (Wildman–Crippen MR) is 122 cm³/mol. The molecule has 0 saturated carbocycles. The van der Waals surface area contributed by atoms with Crippen molar-refractivity contribution in [1.82, 2.24) is 10.2 Å². The lowest BCUT2D eigenvalue weighted by Gasteiger charge is -2.22. The molecular formula is C25H29N3O5. The first kappa shape index (κ1) is 23.9. The summed E-state index contributed by atoms with van der Waals surface area (Å²) in [6.07, 6.45) is 2.69. The molecular weight excluding hydrogens is 422 g/mol. The summed E-state index contributed by atoms with van der Waals surface area (Å²) in [7, 11) is 1.47. The highest BCUT2D eigenvalue weighted by Gasteiger charge is 2.21. The van der Waals surface area contributed by atoms with E-state index in [2.05, 4.69) is 5.32 Å². The molecule has 33 heavy (non-hydrogen) atoms. The Labute approximate surface area is 194 Å². The van der Waals surface area contributed by atoms with Gasteiger partial charge in [-0.3, -0.25) is 9.59 Å². The van der Waals surface area contributed by atoms with Crippen molar-refractivity contribution in [3.63, 3.8) is 0 Å². The Morgan fingerprint density at radius 3 is 2.48 bits per heavy atom. The summed E-state index contributed by atoms with van der Waals surface area (Å²) in [5.41, 5.74) is 1.24. The minimum Gasteiger partial charge on any atom is -0.493 e. The molecule has 1 atom stereocenters. The number of nitrogens with zero attached hydrogens (tertiary/aromatic N) is 2. The normalized spacial score (nSPS) is 13.7. The first-order valence-corrected chi connectivity index (χ1v) is 11.1. The summed E-state index contributed by atoms with van der Waals surface area (Å²) in [6, 6.07) is 13.9. The number of nitrogens with one attached hydrogen (secondary N) is 1. The van der Waals surface area contributed by atoms with Crippen LogP contribution in [-0.4, -0.2) is 50.1 Å². The number of methoxy groups -OCH3 is 1. The molecule has 2 amide bonds. The summed E-state index contributed by atoms with van der Waals surface area (Å²) < 4.78 is 16.7. The maximum Gasteiger partial charge on any atom is 0.260 e. The highest BCUT2D eigenvalue weighted by molar-refractivity contribution is 5.79. The van der Waals surface area contributed by atoms with Gasteiger partial charge in [0.25, 0.3) is 11.8 Å². The molecule has 174 valence electrons. The van der Waals surface area contributed by atoms with Crippen LogP contribution < -0.4 is 19.5 Å². The molecule has 1 aliphatic heterocycles. The van der Waals surface area contributed by atoms with Gasteiger partial charge in [-0.05, 0) is 37.5 Å². The van der Waals surface area contributed by atoms with Crippen LogP contribution in [0.1, 0.15) is 43.4 Å². The predicted octanol–water partition coefficient (Wildman–Crippen LogP) is 3.21. The molecule has 8 heteroatoms. The Balaban J connectivity index is 1.60. The van der Waals surface area contributed by atoms with Gasteiger partial charge in [-0.15, -0.1) is 0 Å². The summed E-state index contributed by atoms with van der Waals surface area (Å²) in [5.74, 6) is 1.01. The smallest absolute Gasteiger partial charge is 0.260 e. The van der Waals surface area contributed by atoms with Crippen LogP contribution >= 0.6 is 0 Å². The Morgan fingerprint density at radius 2 is 1.79 bits per heavy atom. The van der Waals surface area contributed by atoms with Gasteiger partial charge in [0.15, 0.2) is 24.7 Å². The molecule has 0 radical (unpaired) electrons. The molecule has 0 spiro atoms. The largest absolute Gasteiger partial charge is 0.493 e. The zero-order chi connectivity index (χ0) is 23.6.